The van der Waals surface area contributed by atoms with Crippen molar-refractivity contribution in [1.29, 1.82) is 0 Å². The van der Waals surface area contributed by atoms with Crippen molar-refractivity contribution in [2.45, 2.75) is 25.4 Å². The number of hydrogen-bond acceptors (Lipinski definition) is 7. The molecule has 2 unspecified atom stereocenters. The SMILES string of the molecule is CCOc1ccc([C@@H]2N[C@@](C)(C(=O)OC)C3C(=O)N(c4ccccc4)C(=O)C32)cc1O. The molecule has 4 rings (SSSR count). The second kappa shape index (κ2) is 7.70. The normalized spacial score (nSPS) is 27.3. The molecule has 0 radical (unpaired) electrons. The Kier molecular flexibility index (Phi) is 5.18. The maximum atomic E-state index is 13.5. The van der Waals surface area contributed by atoms with Crippen LogP contribution in [0.5, 0.6) is 11.5 Å². The molecule has 8 heteroatoms. The lowest BCUT2D eigenvalue weighted by atomic mass is 9.80. The number of para-hydroxylation sites is 1. The Bertz CT molecular complexity index is 1040. The lowest BCUT2D eigenvalue weighted by Crippen LogP contribution is -2.54. The molecule has 0 aromatic heterocycles. The lowest BCUT2D eigenvalue weighted by Gasteiger charge is -2.28. The number of methoxy groups -OCH3 is 1. The van der Waals surface area contributed by atoms with Gasteiger partial charge in [0.05, 0.1) is 31.2 Å². The largest absolute Gasteiger partial charge is 0.504 e. The summed E-state index contributed by atoms with van der Waals surface area (Å²) in [5.41, 5.74) is -0.388. The number of carbonyl (C=O) groups is 3. The van der Waals surface area contributed by atoms with Crippen molar-refractivity contribution in [3.05, 3.63) is 54.1 Å². The number of rotatable bonds is 5. The van der Waals surface area contributed by atoms with Crippen LogP contribution in [0.3, 0.4) is 0 Å². The maximum absolute atomic E-state index is 13.5. The first-order valence-electron chi connectivity index (χ1n) is 10.1. The Morgan fingerprint density at radius 1 is 1.16 bits per heavy atom. The maximum Gasteiger partial charge on any atom is 0.326 e. The second-order valence-corrected chi connectivity index (χ2v) is 7.83. The lowest BCUT2D eigenvalue weighted by molar-refractivity contribution is -0.151. The highest BCUT2D eigenvalue weighted by molar-refractivity contribution is 6.24. The first kappa shape index (κ1) is 20.9. The number of imide groups is 1. The zero-order valence-corrected chi connectivity index (χ0v) is 17.5. The van der Waals surface area contributed by atoms with E-state index in [0.717, 1.165) is 4.90 Å². The summed E-state index contributed by atoms with van der Waals surface area (Å²) in [4.78, 5) is 40.7. The monoisotopic (exact) mass is 424 g/mol. The fourth-order valence-corrected chi connectivity index (χ4v) is 4.66. The number of esters is 1. The minimum Gasteiger partial charge on any atom is -0.504 e. The van der Waals surface area contributed by atoms with E-state index in [1.54, 1.807) is 56.3 Å². The van der Waals surface area contributed by atoms with Crippen molar-refractivity contribution >= 4 is 23.5 Å². The van der Waals surface area contributed by atoms with Crippen LogP contribution in [0.15, 0.2) is 48.5 Å². The molecular weight excluding hydrogens is 400 g/mol. The van der Waals surface area contributed by atoms with E-state index in [1.165, 1.54) is 13.2 Å². The molecule has 4 atom stereocenters. The van der Waals surface area contributed by atoms with Crippen LogP contribution in [-0.2, 0) is 19.1 Å². The topological polar surface area (TPSA) is 105 Å². The third-order valence-corrected chi connectivity index (χ3v) is 6.05. The molecule has 2 aliphatic heterocycles. The molecule has 2 fully saturated rings. The van der Waals surface area contributed by atoms with Crippen molar-refractivity contribution < 1.29 is 29.0 Å². The van der Waals surface area contributed by atoms with E-state index in [0.29, 0.717) is 23.6 Å². The van der Waals surface area contributed by atoms with E-state index in [4.69, 9.17) is 9.47 Å². The van der Waals surface area contributed by atoms with Gasteiger partial charge in [-0.15, -0.1) is 0 Å². The minimum absolute atomic E-state index is 0.0824. The number of amides is 2. The number of nitrogens with zero attached hydrogens (tertiary/aromatic N) is 1. The predicted molar refractivity (Wildman–Crippen MR) is 111 cm³/mol. The smallest absolute Gasteiger partial charge is 0.326 e. The number of fused-ring (bicyclic) bond motifs is 1. The average Bonchev–Trinajstić information content (AvgIpc) is 3.23. The minimum atomic E-state index is -1.41. The third kappa shape index (κ3) is 3.14. The van der Waals surface area contributed by atoms with Gasteiger partial charge in [0.1, 0.15) is 5.54 Å². The summed E-state index contributed by atoms with van der Waals surface area (Å²) in [5.74, 6) is -3.05. The second-order valence-electron chi connectivity index (χ2n) is 7.83. The highest BCUT2D eigenvalue weighted by Crippen LogP contribution is 2.50. The zero-order chi connectivity index (χ0) is 22.3. The highest BCUT2D eigenvalue weighted by atomic mass is 16.5. The molecule has 0 aliphatic carbocycles. The molecule has 8 nitrogen and oxygen atoms in total. The molecule has 0 spiro atoms. The van der Waals surface area contributed by atoms with Crippen LogP contribution >= 0.6 is 0 Å². The van der Waals surface area contributed by atoms with E-state index in [9.17, 15) is 19.5 Å². The van der Waals surface area contributed by atoms with E-state index >= 15 is 0 Å². The Morgan fingerprint density at radius 2 is 1.87 bits per heavy atom. The van der Waals surface area contributed by atoms with Crippen molar-refractivity contribution in [2.24, 2.45) is 11.8 Å². The van der Waals surface area contributed by atoms with E-state index in [-0.39, 0.29) is 5.75 Å². The third-order valence-electron chi connectivity index (χ3n) is 6.05. The first-order chi connectivity index (χ1) is 14.8. The fraction of sp³-hybridized carbons (Fsp3) is 0.348. The molecule has 2 N–H and O–H groups in total. The van der Waals surface area contributed by atoms with Gasteiger partial charge in [0, 0.05) is 6.04 Å². The summed E-state index contributed by atoms with van der Waals surface area (Å²) >= 11 is 0. The molecule has 2 saturated heterocycles. The van der Waals surface area contributed by atoms with Gasteiger partial charge in [0.15, 0.2) is 11.5 Å². The van der Waals surface area contributed by atoms with E-state index in [2.05, 4.69) is 5.32 Å². The highest BCUT2D eigenvalue weighted by Gasteiger charge is 2.67. The number of benzene rings is 2. The molecule has 2 aromatic rings. The number of ether oxygens (including phenoxy) is 2. The van der Waals surface area contributed by atoms with E-state index in [1.807, 2.05) is 0 Å². The van der Waals surface area contributed by atoms with Crippen molar-refractivity contribution in [3.8, 4) is 11.5 Å². The summed E-state index contributed by atoms with van der Waals surface area (Å²) < 4.78 is 10.4. The van der Waals surface area contributed by atoms with Crippen molar-refractivity contribution in [1.82, 2.24) is 5.32 Å². The average molecular weight is 424 g/mol. The Hall–Kier alpha value is -3.39. The number of nitrogens with one attached hydrogen (secondary N) is 1. The number of carbonyl (C=O) groups excluding carboxylic acids is 3. The van der Waals surface area contributed by atoms with Crippen LogP contribution in [-0.4, -0.2) is 42.1 Å². The molecule has 2 aromatic carbocycles. The van der Waals surface area contributed by atoms with Gasteiger partial charge in [-0.3, -0.25) is 19.7 Å². The molecular formula is C23H24N2O6. The number of phenolic OH excluding ortho intramolecular Hbond substituents is 1. The van der Waals surface area contributed by atoms with Crippen molar-refractivity contribution in [3.63, 3.8) is 0 Å². The number of phenols is 1. The molecule has 31 heavy (non-hydrogen) atoms. The van der Waals surface area contributed by atoms with Gasteiger partial charge in [-0.1, -0.05) is 24.3 Å². The quantitative estimate of drug-likeness (QED) is 0.560. The van der Waals surface area contributed by atoms with Crippen molar-refractivity contribution in [2.75, 3.05) is 18.6 Å². The number of aromatic hydroxyl groups is 1. The van der Waals surface area contributed by atoms with E-state index < -0.39 is 41.2 Å². The Labute approximate surface area is 179 Å². The van der Waals surface area contributed by atoms with Crippen LogP contribution in [0.25, 0.3) is 0 Å². The first-order valence-corrected chi connectivity index (χ1v) is 10.1. The van der Waals surface area contributed by atoms with Crippen LogP contribution in [0.2, 0.25) is 0 Å². The van der Waals surface area contributed by atoms with Crippen LogP contribution in [0.1, 0.15) is 25.5 Å². The van der Waals surface area contributed by atoms with Gasteiger partial charge in [0.2, 0.25) is 11.8 Å². The molecule has 2 amide bonds. The standard InChI is InChI=1S/C23H24N2O6/c1-4-31-16-11-10-13(12-15(16)26)19-17-18(23(2,24-19)22(29)30-3)21(28)25(20(17)27)14-8-6-5-7-9-14/h5-12,17-19,24,26H,4H2,1-3H3/t17?,18?,19-,23+/m0/s1. The summed E-state index contributed by atoms with van der Waals surface area (Å²) in [6.07, 6.45) is 0. The zero-order valence-electron chi connectivity index (χ0n) is 17.5. The Morgan fingerprint density at radius 3 is 2.48 bits per heavy atom. The van der Waals surface area contributed by atoms with Gasteiger partial charge < -0.3 is 14.6 Å². The molecule has 2 heterocycles. The van der Waals surface area contributed by atoms with Gasteiger partial charge in [-0.25, -0.2) is 4.90 Å². The number of hydrogen-bond donors (Lipinski definition) is 2. The molecule has 0 saturated carbocycles. The van der Waals surface area contributed by atoms with Crippen LogP contribution < -0.4 is 15.0 Å². The summed E-state index contributed by atoms with van der Waals surface area (Å²) in [7, 11) is 1.25. The van der Waals surface area contributed by atoms with Crippen LogP contribution in [0.4, 0.5) is 5.69 Å². The summed E-state index contributed by atoms with van der Waals surface area (Å²) in [6, 6.07) is 12.8. The molecule has 162 valence electrons. The predicted octanol–water partition coefficient (Wildman–Crippen LogP) is 2.17. The summed E-state index contributed by atoms with van der Waals surface area (Å²) in [6.45, 7) is 3.77. The summed E-state index contributed by atoms with van der Waals surface area (Å²) in [5, 5.41) is 13.5. The molecule has 0 bridgehead atoms. The fourth-order valence-electron chi connectivity index (χ4n) is 4.66. The van der Waals surface area contributed by atoms with Crippen LogP contribution in [0, 0.1) is 11.8 Å². The number of anilines is 1. The van der Waals surface area contributed by atoms with Gasteiger partial charge in [-0.2, -0.15) is 0 Å². The molecule has 2 aliphatic rings. The van der Waals surface area contributed by atoms with Gasteiger partial charge >= 0.3 is 5.97 Å². The van der Waals surface area contributed by atoms with Gasteiger partial charge in [0.25, 0.3) is 0 Å². The van der Waals surface area contributed by atoms with Gasteiger partial charge in [-0.05, 0) is 43.7 Å². The Balaban J connectivity index is 1.80.